The van der Waals surface area contributed by atoms with Crippen LogP contribution in [0.1, 0.15) is 33.1 Å². The van der Waals surface area contributed by atoms with Crippen molar-refractivity contribution in [1.29, 1.82) is 5.26 Å². The molecule has 2 nitrogen and oxygen atoms in total. The van der Waals surface area contributed by atoms with E-state index < -0.39 is 6.10 Å². The molecule has 0 heterocycles. The molecule has 0 aromatic carbocycles. The van der Waals surface area contributed by atoms with Gasteiger partial charge in [-0.25, -0.2) is 0 Å². The van der Waals surface area contributed by atoms with Gasteiger partial charge in [-0.1, -0.05) is 20.3 Å². The molecule has 0 bridgehead atoms. The van der Waals surface area contributed by atoms with Gasteiger partial charge in [0.2, 0.25) is 0 Å². The van der Waals surface area contributed by atoms with Crippen molar-refractivity contribution in [1.82, 2.24) is 0 Å². The number of rotatable bonds is 4. The number of aliphatic hydroxyl groups excluding tert-OH is 1. The molecule has 1 atom stereocenters. The summed E-state index contributed by atoms with van der Waals surface area (Å²) < 4.78 is 0. The first-order chi connectivity index (χ1) is 5.26. The standard InChI is InChI=1S/C9H15NO/c1-3-5-9(11)8(4-2)6-7-10/h6,9,11H,3-5H2,1-2H3/b8-6-. The summed E-state index contributed by atoms with van der Waals surface area (Å²) in [4.78, 5) is 0. The van der Waals surface area contributed by atoms with Crippen LogP contribution in [0, 0.1) is 11.3 Å². The first kappa shape index (κ1) is 10.2. The molecular weight excluding hydrogens is 138 g/mol. The van der Waals surface area contributed by atoms with E-state index in [2.05, 4.69) is 0 Å². The van der Waals surface area contributed by atoms with Crippen LogP contribution < -0.4 is 0 Å². The highest BCUT2D eigenvalue weighted by molar-refractivity contribution is 5.16. The first-order valence-electron chi connectivity index (χ1n) is 4.02. The van der Waals surface area contributed by atoms with E-state index in [1.54, 1.807) is 0 Å². The van der Waals surface area contributed by atoms with Crippen LogP contribution in [0.2, 0.25) is 0 Å². The van der Waals surface area contributed by atoms with Gasteiger partial charge in [-0.15, -0.1) is 0 Å². The number of nitrogens with zero attached hydrogens (tertiary/aromatic N) is 1. The van der Waals surface area contributed by atoms with Crippen molar-refractivity contribution in [2.45, 2.75) is 39.2 Å². The third-order valence-electron chi connectivity index (χ3n) is 1.65. The predicted octanol–water partition coefficient (Wildman–Crippen LogP) is 2.01. The summed E-state index contributed by atoms with van der Waals surface area (Å²) in [5.74, 6) is 0. The Morgan fingerprint density at radius 1 is 1.64 bits per heavy atom. The molecule has 0 aliphatic rings. The Hall–Kier alpha value is -0.810. The zero-order chi connectivity index (χ0) is 8.69. The molecule has 0 radical (unpaired) electrons. The molecule has 1 unspecified atom stereocenters. The second-order valence-corrected chi connectivity index (χ2v) is 2.51. The second-order valence-electron chi connectivity index (χ2n) is 2.51. The molecule has 1 N–H and O–H groups in total. The van der Waals surface area contributed by atoms with Crippen molar-refractivity contribution in [3.8, 4) is 6.07 Å². The Kier molecular flexibility index (Phi) is 5.50. The van der Waals surface area contributed by atoms with Gasteiger partial charge in [0.05, 0.1) is 12.2 Å². The number of hydrogen-bond donors (Lipinski definition) is 1. The van der Waals surface area contributed by atoms with Crippen molar-refractivity contribution >= 4 is 0 Å². The fourth-order valence-electron chi connectivity index (χ4n) is 0.976. The van der Waals surface area contributed by atoms with Gasteiger partial charge in [0.15, 0.2) is 0 Å². The first-order valence-corrected chi connectivity index (χ1v) is 4.02. The van der Waals surface area contributed by atoms with Gasteiger partial charge in [0.25, 0.3) is 0 Å². The minimum Gasteiger partial charge on any atom is -0.389 e. The summed E-state index contributed by atoms with van der Waals surface area (Å²) in [7, 11) is 0. The lowest BCUT2D eigenvalue weighted by atomic mass is 10.0. The molecule has 0 aromatic heterocycles. The Morgan fingerprint density at radius 2 is 2.27 bits per heavy atom. The summed E-state index contributed by atoms with van der Waals surface area (Å²) in [6.07, 6.45) is 3.49. The molecular formula is C9H15NO. The van der Waals surface area contributed by atoms with E-state index in [0.717, 1.165) is 24.8 Å². The van der Waals surface area contributed by atoms with Crippen molar-refractivity contribution in [3.63, 3.8) is 0 Å². The third-order valence-corrected chi connectivity index (χ3v) is 1.65. The highest BCUT2D eigenvalue weighted by Gasteiger charge is 2.06. The highest BCUT2D eigenvalue weighted by Crippen LogP contribution is 2.11. The van der Waals surface area contributed by atoms with Crippen molar-refractivity contribution in [2.24, 2.45) is 0 Å². The van der Waals surface area contributed by atoms with Gasteiger partial charge in [-0.3, -0.25) is 0 Å². The summed E-state index contributed by atoms with van der Waals surface area (Å²) in [5, 5.41) is 17.8. The maximum atomic E-state index is 9.42. The van der Waals surface area contributed by atoms with Crippen LogP contribution in [-0.4, -0.2) is 11.2 Å². The number of nitriles is 1. The van der Waals surface area contributed by atoms with E-state index in [4.69, 9.17) is 5.26 Å². The molecule has 0 spiro atoms. The SMILES string of the molecule is CCCC(O)/C(=C\C#N)CC. The Morgan fingerprint density at radius 3 is 2.64 bits per heavy atom. The topological polar surface area (TPSA) is 44.0 Å². The Balaban J connectivity index is 4.05. The summed E-state index contributed by atoms with van der Waals surface area (Å²) in [6.45, 7) is 3.96. The maximum Gasteiger partial charge on any atom is 0.0912 e. The summed E-state index contributed by atoms with van der Waals surface area (Å²) >= 11 is 0. The molecule has 0 saturated heterocycles. The van der Waals surface area contributed by atoms with Crippen molar-refractivity contribution in [3.05, 3.63) is 11.6 Å². The highest BCUT2D eigenvalue weighted by atomic mass is 16.3. The molecule has 0 aromatic rings. The molecule has 11 heavy (non-hydrogen) atoms. The van der Waals surface area contributed by atoms with Gasteiger partial charge in [-0.05, 0) is 18.4 Å². The number of aliphatic hydroxyl groups is 1. The van der Waals surface area contributed by atoms with Gasteiger partial charge in [0.1, 0.15) is 0 Å². The summed E-state index contributed by atoms with van der Waals surface area (Å²) in [5.41, 5.74) is 0.842. The fourth-order valence-corrected chi connectivity index (χ4v) is 0.976. The molecule has 0 rings (SSSR count). The van der Waals surface area contributed by atoms with E-state index in [1.807, 2.05) is 19.9 Å². The molecule has 0 amide bonds. The molecule has 0 aliphatic heterocycles. The van der Waals surface area contributed by atoms with Crippen LogP contribution in [0.3, 0.4) is 0 Å². The van der Waals surface area contributed by atoms with Crippen LogP contribution in [-0.2, 0) is 0 Å². The van der Waals surface area contributed by atoms with Crippen LogP contribution in [0.5, 0.6) is 0 Å². The fraction of sp³-hybridized carbons (Fsp3) is 0.667. The molecule has 2 heteroatoms. The van der Waals surface area contributed by atoms with Gasteiger partial charge in [0, 0.05) is 6.08 Å². The quantitative estimate of drug-likeness (QED) is 0.628. The van der Waals surface area contributed by atoms with Gasteiger partial charge in [-0.2, -0.15) is 5.26 Å². The molecule has 0 aliphatic carbocycles. The molecule has 62 valence electrons. The van der Waals surface area contributed by atoms with Gasteiger partial charge >= 0.3 is 0 Å². The average molecular weight is 153 g/mol. The van der Waals surface area contributed by atoms with Crippen LogP contribution in [0.4, 0.5) is 0 Å². The average Bonchev–Trinajstić information content (AvgIpc) is 2.00. The van der Waals surface area contributed by atoms with Crippen molar-refractivity contribution < 1.29 is 5.11 Å². The Labute approximate surface area is 68.2 Å². The van der Waals surface area contributed by atoms with Crippen LogP contribution in [0.15, 0.2) is 11.6 Å². The minimum absolute atomic E-state index is 0.412. The van der Waals surface area contributed by atoms with E-state index in [0.29, 0.717) is 0 Å². The maximum absolute atomic E-state index is 9.42. The monoisotopic (exact) mass is 153 g/mol. The lowest BCUT2D eigenvalue weighted by Gasteiger charge is -2.10. The molecule has 0 saturated carbocycles. The zero-order valence-electron chi connectivity index (χ0n) is 7.17. The minimum atomic E-state index is -0.412. The van der Waals surface area contributed by atoms with Crippen LogP contribution in [0.25, 0.3) is 0 Å². The zero-order valence-corrected chi connectivity index (χ0v) is 7.17. The smallest absolute Gasteiger partial charge is 0.0912 e. The van der Waals surface area contributed by atoms with E-state index >= 15 is 0 Å². The van der Waals surface area contributed by atoms with E-state index in [-0.39, 0.29) is 0 Å². The van der Waals surface area contributed by atoms with E-state index in [9.17, 15) is 5.11 Å². The number of hydrogen-bond acceptors (Lipinski definition) is 2. The lowest BCUT2D eigenvalue weighted by Crippen LogP contribution is -2.08. The van der Waals surface area contributed by atoms with Crippen molar-refractivity contribution in [2.75, 3.05) is 0 Å². The predicted molar refractivity (Wildman–Crippen MR) is 44.9 cm³/mol. The van der Waals surface area contributed by atoms with E-state index in [1.165, 1.54) is 6.08 Å². The summed E-state index contributed by atoms with van der Waals surface area (Å²) in [6, 6.07) is 1.94. The second kappa shape index (κ2) is 5.94. The third kappa shape index (κ3) is 3.79. The van der Waals surface area contributed by atoms with Gasteiger partial charge < -0.3 is 5.11 Å². The largest absolute Gasteiger partial charge is 0.389 e. The number of allylic oxidation sites excluding steroid dienone is 1. The van der Waals surface area contributed by atoms with Crippen LogP contribution >= 0.6 is 0 Å². The Bertz CT molecular complexity index is 167. The molecule has 0 fully saturated rings. The normalized spacial score (nSPS) is 14.2. The lowest BCUT2D eigenvalue weighted by molar-refractivity contribution is 0.196.